The van der Waals surface area contributed by atoms with Crippen LogP contribution in [-0.4, -0.2) is 16.2 Å². The van der Waals surface area contributed by atoms with E-state index in [2.05, 4.69) is 41.3 Å². The normalized spacial score (nSPS) is 22.0. The van der Waals surface area contributed by atoms with E-state index in [0.717, 1.165) is 12.2 Å². The van der Waals surface area contributed by atoms with Crippen molar-refractivity contribution in [3.63, 3.8) is 0 Å². The van der Waals surface area contributed by atoms with Crippen LogP contribution < -0.4 is 5.73 Å². The number of benzene rings is 1. The van der Waals surface area contributed by atoms with Gasteiger partial charge in [-0.1, -0.05) is 47.1 Å². The minimum atomic E-state index is 0.109. The third-order valence-electron chi connectivity index (χ3n) is 3.40. The van der Waals surface area contributed by atoms with Crippen LogP contribution in [0.1, 0.15) is 35.2 Å². The molecular weight excluding hydrogens is 238 g/mol. The zero-order valence-electron chi connectivity index (χ0n) is 10.9. The summed E-state index contributed by atoms with van der Waals surface area (Å²) in [4.78, 5) is 4.46. The number of aromatic nitrogens is 2. The molecular formula is C15H17N3O. The highest BCUT2D eigenvalue weighted by Crippen LogP contribution is 2.26. The van der Waals surface area contributed by atoms with Gasteiger partial charge >= 0.3 is 0 Å². The van der Waals surface area contributed by atoms with E-state index in [1.807, 2.05) is 12.2 Å². The second kappa shape index (κ2) is 4.97. The smallest absolute Gasteiger partial charge is 0.233 e. The molecule has 1 aliphatic carbocycles. The number of nitrogens with two attached hydrogens (primary N) is 1. The first-order valence-electron chi connectivity index (χ1n) is 6.52. The lowest BCUT2D eigenvalue weighted by molar-refractivity contribution is 0.360. The lowest BCUT2D eigenvalue weighted by Gasteiger charge is -2.02. The van der Waals surface area contributed by atoms with Crippen molar-refractivity contribution in [3.8, 4) is 0 Å². The maximum atomic E-state index is 5.83. The molecule has 4 heteroatoms. The lowest BCUT2D eigenvalue weighted by atomic mass is 10.1. The van der Waals surface area contributed by atoms with Crippen molar-refractivity contribution >= 4 is 0 Å². The van der Waals surface area contributed by atoms with E-state index < -0.39 is 0 Å². The van der Waals surface area contributed by atoms with Crippen molar-refractivity contribution in [1.82, 2.24) is 10.1 Å². The predicted molar refractivity (Wildman–Crippen MR) is 72.8 cm³/mol. The van der Waals surface area contributed by atoms with Gasteiger partial charge in [0, 0.05) is 12.5 Å². The van der Waals surface area contributed by atoms with Crippen LogP contribution in [0.15, 0.2) is 40.9 Å². The molecule has 2 N–H and O–H groups in total. The quantitative estimate of drug-likeness (QED) is 0.855. The molecule has 98 valence electrons. The summed E-state index contributed by atoms with van der Waals surface area (Å²) in [6, 6.07) is 8.48. The van der Waals surface area contributed by atoms with Crippen molar-refractivity contribution in [2.75, 3.05) is 0 Å². The van der Waals surface area contributed by atoms with Crippen LogP contribution in [0.4, 0.5) is 0 Å². The molecule has 0 radical (unpaired) electrons. The Kier molecular flexibility index (Phi) is 3.17. The Balaban J connectivity index is 1.71. The summed E-state index contributed by atoms with van der Waals surface area (Å²) in [5, 5.41) is 4.04. The molecule has 3 rings (SSSR count). The summed E-state index contributed by atoms with van der Waals surface area (Å²) >= 11 is 0. The summed E-state index contributed by atoms with van der Waals surface area (Å²) in [5.41, 5.74) is 8.27. The third kappa shape index (κ3) is 2.74. The van der Waals surface area contributed by atoms with Crippen molar-refractivity contribution < 1.29 is 4.52 Å². The molecule has 0 saturated heterocycles. The molecule has 4 nitrogen and oxygen atoms in total. The fourth-order valence-electron chi connectivity index (χ4n) is 2.29. The second-order valence-corrected chi connectivity index (χ2v) is 5.10. The van der Waals surface area contributed by atoms with Crippen LogP contribution in [0.2, 0.25) is 0 Å². The van der Waals surface area contributed by atoms with Crippen molar-refractivity contribution in [1.29, 1.82) is 0 Å². The molecule has 0 saturated carbocycles. The summed E-state index contributed by atoms with van der Waals surface area (Å²) in [6.07, 6.45) is 5.60. The Morgan fingerprint density at radius 3 is 2.74 bits per heavy atom. The van der Waals surface area contributed by atoms with E-state index >= 15 is 0 Å². The molecule has 0 aliphatic heterocycles. The number of rotatable bonds is 3. The predicted octanol–water partition coefficient (Wildman–Crippen LogP) is 2.34. The van der Waals surface area contributed by atoms with E-state index in [0.29, 0.717) is 12.3 Å². The van der Waals surface area contributed by atoms with Gasteiger partial charge in [0.1, 0.15) is 0 Å². The Bertz CT molecular complexity index is 586. The van der Waals surface area contributed by atoms with Gasteiger partial charge in [-0.25, -0.2) is 0 Å². The van der Waals surface area contributed by atoms with Crippen LogP contribution in [0, 0.1) is 6.92 Å². The molecule has 19 heavy (non-hydrogen) atoms. The number of hydrogen-bond acceptors (Lipinski definition) is 4. The number of allylic oxidation sites excluding steroid dienone is 1. The minimum absolute atomic E-state index is 0.109. The Morgan fingerprint density at radius 1 is 1.26 bits per heavy atom. The van der Waals surface area contributed by atoms with Gasteiger partial charge in [-0.2, -0.15) is 4.98 Å². The van der Waals surface area contributed by atoms with Gasteiger partial charge in [0.2, 0.25) is 5.89 Å². The van der Waals surface area contributed by atoms with Gasteiger partial charge in [0.15, 0.2) is 5.82 Å². The minimum Gasteiger partial charge on any atom is -0.339 e. The van der Waals surface area contributed by atoms with Crippen molar-refractivity contribution in [3.05, 3.63) is 59.3 Å². The second-order valence-electron chi connectivity index (χ2n) is 5.10. The van der Waals surface area contributed by atoms with Crippen LogP contribution in [0.25, 0.3) is 0 Å². The van der Waals surface area contributed by atoms with Gasteiger partial charge in [-0.05, 0) is 18.9 Å². The van der Waals surface area contributed by atoms with Crippen LogP contribution in [0.5, 0.6) is 0 Å². The third-order valence-corrected chi connectivity index (χ3v) is 3.40. The molecule has 2 aromatic rings. The molecule has 2 unspecified atom stereocenters. The average Bonchev–Trinajstić information content (AvgIpc) is 3.01. The molecule has 1 aromatic carbocycles. The van der Waals surface area contributed by atoms with Gasteiger partial charge in [0.05, 0.1) is 5.92 Å². The Hall–Kier alpha value is -1.94. The summed E-state index contributed by atoms with van der Waals surface area (Å²) < 4.78 is 5.32. The van der Waals surface area contributed by atoms with Gasteiger partial charge < -0.3 is 10.3 Å². The molecule has 0 bridgehead atoms. The van der Waals surface area contributed by atoms with Crippen LogP contribution in [0.3, 0.4) is 0 Å². The molecule has 1 aromatic heterocycles. The monoisotopic (exact) mass is 255 g/mol. The summed E-state index contributed by atoms with van der Waals surface area (Å²) in [7, 11) is 0. The van der Waals surface area contributed by atoms with E-state index in [-0.39, 0.29) is 12.0 Å². The largest absolute Gasteiger partial charge is 0.339 e. The Labute approximate surface area is 112 Å². The van der Waals surface area contributed by atoms with Crippen molar-refractivity contribution in [2.24, 2.45) is 5.73 Å². The van der Waals surface area contributed by atoms with Gasteiger partial charge in [-0.15, -0.1) is 0 Å². The SMILES string of the molecule is Cc1ccc(Cc2noc(C3C=CC(N)C3)n2)cc1. The Morgan fingerprint density at radius 2 is 2.05 bits per heavy atom. The van der Waals surface area contributed by atoms with E-state index in [4.69, 9.17) is 10.3 Å². The van der Waals surface area contributed by atoms with Gasteiger partial charge in [0.25, 0.3) is 0 Å². The maximum absolute atomic E-state index is 5.83. The zero-order chi connectivity index (χ0) is 13.2. The van der Waals surface area contributed by atoms with E-state index in [1.54, 1.807) is 0 Å². The summed E-state index contributed by atoms with van der Waals surface area (Å²) in [6.45, 7) is 2.08. The highest BCUT2D eigenvalue weighted by molar-refractivity contribution is 5.24. The van der Waals surface area contributed by atoms with Crippen LogP contribution >= 0.6 is 0 Å². The first kappa shape index (κ1) is 12.1. The first-order valence-corrected chi connectivity index (χ1v) is 6.52. The molecule has 0 fully saturated rings. The topological polar surface area (TPSA) is 64.9 Å². The summed E-state index contributed by atoms with van der Waals surface area (Å²) in [5.74, 6) is 1.58. The average molecular weight is 255 g/mol. The number of hydrogen-bond donors (Lipinski definition) is 1. The zero-order valence-corrected chi connectivity index (χ0v) is 10.9. The van der Waals surface area contributed by atoms with Gasteiger partial charge in [-0.3, -0.25) is 0 Å². The molecule has 0 spiro atoms. The van der Waals surface area contributed by atoms with E-state index in [9.17, 15) is 0 Å². The van der Waals surface area contributed by atoms with Crippen molar-refractivity contribution in [2.45, 2.75) is 31.7 Å². The molecule has 0 amide bonds. The highest BCUT2D eigenvalue weighted by Gasteiger charge is 2.22. The fraction of sp³-hybridized carbons (Fsp3) is 0.333. The first-order chi connectivity index (χ1) is 9.20. The highest BCUT2D eigenvalue weighted by atomic mass is 16.5. The maximum Gasteiger partial charge on any atom is 0.233 e. The number of nitrogens with zero attached hydrogens (tertiary/aromatic N) is 2. The number of aryl methyl sites for hydroxylation is 1. The molecule has 1 heterocycles. The molecule has 1 aliphatic rings. The standard InChI is InChI=1S/C15H17N3O/c1-10-2-4-11(5-3-10)8-14-17-15(19-18-14)12-6-7-13(16)9-12/h2-7,12-13H,8-9,16H2,1H3. The van der Waals surface area contributed by atoms with Crippen LogP contribution in [-0.2, 0) is 6.42 Å². The lowest BCUT2D eigenvalue weighted by Crippen LogP contribution is -2.14. The van der Waals surface area contributed by atoms with E-state index in [1.165, 1.54) is 11.1 Å². The fourth-order valence-corrected chi connectivity index (χ4v) is 2.29. The molecule has 2 atom stereocenters.